The van der Waals surface area contributed by atoms with E-state index in [1.165, 1.54) is 10.8 Å². The Bertz CT molecular complexity index is 2860. The maximum Gasteiger partial charge on any atom is 0.164 e. The molecule has 0 aliphatic heterocycles. The van der Waals surface area contributed by atoms with E-state index in [0.29, 0.717) is 17.5 Å². The zero-order chi connectivity index (χ0) is 34.4. The highest BCUT2D eigenvalue weighted by molar-refractivity contribution is 6.14. The highest BCUT2D eigenvalue weighted by Crippen LogP contribution is 2.38. The van der Waals surface area contributed by atoms with E-state index in [1.54, 1.807) is 0 Å². The largest absolute Gasteiger partial charge is 0.248 e. The summed E-state index contributed by atoms with van der Waals surface area (Å²) in [6.45, 7) is 0. The van der Waals surface area contributed by atoms with Gasteiger partial charge in [-0.05, 0) is 73.8 Å². The van der Waals surface area contributed by atoms with Crippen LogP contribution in [0.4, 0.5) is 0 Å². The second-order valence-corrected chi connectivity index (χ2v) is 13.1. The first-order valence-electron chi connectivity index (χ1n) is 17.5. The van der Waals surface area contributed by atoms with E-state index in [2.05, 4.69) is 176 Å². The van der Waals surface area contributed by atoms with Crippen molar-refractivity contribution in [3.63, 3.8) is 0 Å². The molecule has 10 rings (SSSR count). The molecule has 0 radical (unpaired) electrons. The number of rotatable bonds is 5. The third kappa shape index (κ3) is 5.34. The van der Waals surface area contributed by atoms with Gasteiger partial charge in [0.1, 0.15) is 0 Å². The van der Waals surface area contributed by atoms with Crippen molar-refractivity contribution >= 4 is 43.2 Å². The van der Waals surface area contributed by atoms with Gasteiger partial charge in [0.05, 0.1) is 11.2 Å². The molecule has 0 amide bonds. The van der Waals surface area contributed by atoms with Crippen molar-refractivity contribution in [3.8, 4) is 56.5 Å². The second-order valence-electron chi connectivity index (χ2n) is 13.1. The molecule has 0 bridgehead atoms. The minimum atomic E-state index is 0.621. The van der Waals surface area contributed by atoms with Crippen molar-refractivity contribution in [1.29, 1.82) is 0 Å². The van der Waals surface area contributed by atoms with Gasteiger partial charge in [-0.1, -0.05) is 152 Å². The van der Waals surface area contributed by atoms with Crippen LogP contribution in [0.3, 0.4) is 0 Å². The third-order valence-electron chi connectivity index (χ3n) is 9.85. The predicted octanol–water partition coefficient (Wildman–Crippen LogP) is 12.2. The third-order valence-corrected chi connectivity index (χ3v) is 9.85. The Balaban J connectivity index is 1.21. The monoisotopic (exact) mass is 662 g/mol. The first-order valence-corrected chi connectivity index (χ1v) is 17.5. The van der Waals surface area contributed by atoms with Gasteiger partial charge in [-0.15, -0.1) is 0 Å². The Morgan fingerprint density at radius 1 is 0.288 bits per heavy atom. The molecule has 0 spiro atoms. The number of nitrogens with zero attached hydrogens (tertiary/aromatic N) is 4. The van der Waals surface area contributed by atoms with Crippen molar-refractivity contribution in [2.24, 2.45) is 0 Å². The summed E-state index contributed by atoms with van der Waals surface area (Å²) >= 11 is 0. The van der Waals surface area contributed by atoms with E-state index in [0.717, 1.165) is 71.5 Å². The number of fused-ring (bicyclic) bond motifs is 5. The first kappa shape index (κ1) is 29.8. The molecule has 4 nitrogen and oxygen atoms in total. The molecular formula is C48H30N4. The molecular weight excluding hydrogens is 633 g/mol. The van der Waals surface area contributed by atoms with E-state index in [1.807, 2.05) is 6.07 Å². The lowest BCUT2D eigenvalue weighted by Crippen LogP contribution is -2.00. The van der Waals surface area contributed by atoms with Crippen molar-refractivity contribution in [2.75, 3.05) is 0 Å². The van der Waals surface area contributed by atoms with E-state index >= 15 is 0 Å². The summed E-state index contributed by atoms with van der Waals surface area (Å²) in [6.07, 6.45) is 0. The number of hydrogen-bond donors (Lipinski definition) is 0. The molecule has 52 heavy (non-hydrogen) atoms. The van der Waals surface area contributed by atoms with Gasteiger partial charge in [-0.25, -0.2) is 19.9 Å². The van der Waals surface area contributed by atoms with Crippen LogP contribution in [0.2, 0.25) is 0 Å². The Morgan fingerprint density at radius 2 is 0.750 bits per heavy atom. The summed E-state index contributed by atoms with van der Waals surface area (Å²) < 4.78 is 0. The van der Waals surface area contributed by atoms with Crippen LogP contribution in [0.5, 0.6) is 0 Å². The summed E-state index contributed by atoms with van der Waals surface area (Å²) in [6, 6.07) is 63.5. The van der Waals surface area contributed by atoms with Gasteiger partial charge in [0.25, 0.3) is 0 Å². The first-order chi connectivity index (χ1) is 25.7. The number of pyridine rings is 1. The SMILES string of the molecule is c1ccc(-c2cc(-c3ccccc3)c3c(ccc4ccc(-c5nc(-c6ccc7ccccc7c6)nc(-c6ccc7ccccc7c6)n5)cc43)n2)cc1. The van der Waals surface area contributed by atoms with Crippen LogP contribution >= 0.6 is 0 Å². The standard InChI is InChI=1S/C48H30N4/c1-3-13-33(14-4-1)42-30-44(35-15-5-2-6-16-35)49-43-26-25-34-21-24-40(29-41(34)45(42)43)48-51-46(38-22-19-31-11-7-9-17-36(31)27-38)50-47(52-48)39-23-20-32-12-8-10-18-37(32)28-39/h1-30H. The van der Waals surface area contributed by atoms with Crippen LogP contribution in [0.1, 0.15) is 0 Å². The average Bonchev–Trinajstić information content (AvgIpc) is 3.23. The molecule has 0 fully saturated rings. The average molecular weight is 663 g/mol. The fourth-order valence-corrected chi connectivity index (χ4v) is 7.22. The topological polar surface area (TPSA) is 51.6 Å². The molecule has 0 saturated heterocycles. The summed E-state index contributed by atoms with van der Waals surface area (Å²) in [5, 5.41) is 7.96. The quantitative estimate of drug-likeness (QED) is 0.172. The van der Waals surface area contributed by atoms with Crippen LogP contribution in [-0.4, -0.2) is 19.9 Å². The van der Waals surface area contributed by atoms with Gasteiger partial charge < -0.3 is 0 Å². The van der Waals surface area contributed by atoms with Gasteiger partial charge in [0.15, 0.2) is 17.5 Å². The van der Waals surface area contributed by atoms with Crippen LogP contribution in [0, 0.1) is 0 Å². The smallest absolute Gasteiger partial charge is 0.164 e. The van der Waals surface area contributed by atoms with E-state index in [-0.39, 0.29) is 0 Å². The van der Waals surface area contributed by atoms with Gasteiger partial charge in [-0.2, -0.15) is 0 Å². The Labute approximate surface area is 300 Å². The summed E-state index contributed by atoms with van der Waals surface area (Å²) in [7, 11) is 0. The normalized spacial score (nSPS) is 11.5. The lowest BCUT2D eigenvalue weighted by Gasteiger charge is -2.14. The van der Waals surface area contributed by atoms with Crippen LogP contribution in [-0.2, 0) is 0 Å². The van der Waals surface area contributed by atoms with E-state index in [4.69, 9.17) is 19.9 Å². The molecule has 0 N–H and O–H groups in total. The highest BCUT2D eigenvalue weighted by atomic mass is 15.0. The summed E-state index contributed by atoms with van der Waals surface area (Å²) in [4.78, 5) is 20.6. The molecule has 0 unspecified atom stereocenters. The fourth-order valence-electron chi connectivity index (χ4n) is 7.22. The molecule has 2 aromatic heterocycles. The van der Waals surface area contributed by atoms with Gasteiger partial charge in [-0.3, -0.25) is 0 Å². The zero-order valence-electron chi connectivity index (χ0n) is 28.1. The Morgan fingerprint density at radius 3 is 1.33 bits per heavy atom. The van der Waals surface area contributed by atoms with Gasteiger partial charge in [0.2, 0.25) is 0 Å². The summed E-state index contributed by atoms with van der Waals surface area (Å²) in [5.41, 5.74) is 8.05. The van der Waals surface area contributed by atoms with E-state index < -0.39 is 0 Å². The molecule has 0 atom stereocenters. The van der Waals surface area contributed by atoms with Crippen LogP contribution < -0.4 is 0 Å². The maximum absolute atomic E-state index is 5.20. The second kappa shape index (κ2) is 12.4. The van der Waals surface area contributed by atoms with Crippen molar-refractivity contribution < 1.29 is 0 Å². The molecule has 0 aliphatic rings. The lowest BCUT2D eigenvalue weighted by molar-refractivity contribution is 1.08. The maximum atomic E-state index is 5.20. The summed E-state index contributed by atoms with van der Waals surface area (Å²) in [5.74, 6) is 1.89. The predicted molar refractivity (Wildman–Crippen MR) is 215 cm³/mol. The number of aromatic nitrogens is 4. The zero-order valence-corrected chi connectivity index (χ0v) is 28.1. The molecule has 2 heterocycles. The Kier molecular flexibility index (Phi) is 7.10. The molecule has 0 saturated carbocycles. The minimum Gasteiger partial charge on any atom is -0.248 e. The molecule has 8 aromatic carbocycles. The van der Waals surface area contributed by atoms with Crippen molar-refractivity contribution in [1.82, 2.24) is 19.9 Å². The molecule has 4 heteroatoms. The van der Waals surface area contributed by atoms with Gasteiger partial charge >= 0.3 is 0 Å². The molecule has 0 aliphatic carbocycles. The number of benzene rings is 8. The molecule has 242 valence electrons. The van der Waals surface area contributed by atoms with E-state index in [9.17, 15) is 0 Å². The fraction of sp³-hybridized carbons (Fsp3) is 0. The minimum absolute atomic E-state index is 0.621. The van der Waals surface area contributed by atoms with Crippen LogP contribution in [0.15, 0.2) is 182 Å². The highest BCUT2D eigenvalue weighted by Gasteiger charge is 2.17. The van der Waals surface area contributed by atoms with Crippen molar-refractivity contribution in [2.45, 2.75) is 0 Å². The lowest BCUT2D eigenvalue weighted by atomic mass is 9.93. The Hall–Kier alpha value is -7.04. The van der Waals surface area contributed by atoms with Gasteiger partial charge in [0, 0.05) is 27.6 Å². The molecule has 10 aromatic rings. The number of hydrogen-bond acceptors (Lipinski definition) is 4. The van der Waals surface area contributed by atoms with Crippen molar-refractivity contribution in [3.05, 3.63) is 182 Å². The van der Waals surface area contributed by atoms with Crippen LogP contribution in [0.25, 0.3) is 99.8 Å².